The van der Waals surface area contributed by atoms with Crippen LogP contribution in [0.4, 0.5) is 0 Å². The van der Waals surface area contributed by atoms with Crippen molar-refractivity contribution in [3.8, 4) is 22.3 Å². The van der Waals surface area contributed by atoms with Crippen LogP contribution in [0.5, 0.6) is 0 Å². The molecule has 0 unspecified atom stereocenters. The van der Waals surface area contributed by atoms with E-state index in [1.54, 1.807) is 0 Å². The van der Waals surface area contributed by atoms with Crippen molar-refractivity contribution in [3.05, 3.63) is 67.9 Å². The van der Waals surface area contributed by atoms with E-state index in [9.17, 15) is 4.79 Å². The fourth-order valence-electron chi connectivity index (χ4n) is 3.80. The van der Waals surface area contributed by atoms with Gasteiger partial charge in [0, 0.05) is 11.1 Å². The van der Waals surface area contributed by atoms with Crippen LogP contribution in [0.3, 0.4) is 0 Å². The molecule has 22 heavy (non-hydrogen) atoms. The summed E-state index contributed by atoms with van der Waals surface area (Å²) < 4.78 is 0. The normalized spacial score (nSPS) is 11.4. The van der Waals surface area contributed by atoms with Crippen LogP contribution < -0.4 is 5.43 Å². The summed E-state index contributed by atoms with van der Waals surface area (Å²) in [7, 11) is 0. The highest BCUT2D eigenvalue weighted by Gasteiger charge is 2.29. The molecule has 0 amide bonds. The molecule has 0 saturated carbocycles. The monoisotopic (exact) mass is 290 g/mol. The molecule has 0 saturated heterocycles. The predicted molar refractivity (Wildman–Crippen MR) is 94.4 cm³/mol. The first-order chi connectivity index (χ1) is 10.3. The highest BCUT2D eigenvalue weighted by atomic mass is 16.1. The Kier molecular flexibility index (Phi) is 3.32. The number of hydrogen-bond donors (Lipinski definition) is 0. The van der Waals surface area contributed by atoms with Gasteiger partial charge in [-0.05, 0) is 74.9 Å². The molecule has 3 rings (SSSR count). The average molecular weight is 290 g/mol. The van der Waals surface area contributed by atoms with Gasteiger partial charge >= 0.3 is 0 Å². The summed E-state index contributed by atoms with van der Waals surface area (Å²) in [6.45, 7) is 12.6. The van der Waals surface area contributed by atoms with Crippen LogP contribution in [0.1, 0.15) is 33.4 Å². The summed E-state index contributed by atoms with van der Waals surface area (Å²) in [5.74, 6) is 0. The lowest BCUT2D eigenvalue weighted by Crippen LogP contribution is -1.89. The SMILES string of the molecule is Cc1cc(C)c(-c2c(-c3c(C)cc(C)cc3C)c2=O)c(C)c1. The van der Waals surface area contributed by atoms with Crippen molar-refractivity contribution in [2.24, 2.45) is 0 Å². The molecule has 0 heterocycles. The maximum Gasteiger partial charge on any atom is 0.195 e. The first kappa shape index (κ1) is 14.8. The Bertz CT molecular complexity index is 783. The van der Waals surface area contributed by atoms with Crippen LogP contribution in [0.25, 0.3) is 22.3 Å². The maximum atomic E-state index is 12.5. The standard InChI is InChI=1S/C21H22O/c1-11-7-13(3)17(14(4)8-11)19-20(21(19)22)18-15(5)9-12(2)10-16(18)6/h7-10H,1-6H3. The van der Waals surface area contributed by atoms with Crippen molar-refractivity contribution < 1.29 is 0 Å². The average Bonchev–Trinajstić information content (AvgIpc) is 2.98. The first-order valence-corrected chi connectivity index (χ1v) is 7.76. The molecular formula is C21H22O. The molecule has 112 valence electrons. The number of aryl methyl sites for hydroxylation is 6. The summed E-state index contributed by atoms with van der Waals surface area (Å²) in [5.41, 5.74) is 11.6. The summed E-state index contributed by atoms with van der Waals surface area (Å²) >= 11 is 0. The lowest BCUT2D eigenvalue weighted by molar-refractivity contribution is 1.32. The molecule has 0 N–H and O–H groups in total. The second-order valence-electron chi connectivity index (χ2n) is 6.63. The quantitative estimate of drug-likeness (QED) is 0.641. The van der Waals surface area contributed by atoms with Crippen LogP contribution in [0.15, 0.2) is 29.1 Å². The Balaban J connectivity index is 2.20. The van der Waals surface area contributed by atoms with Crippen LogP contribution in [0, 0.1) is 41.5 Å². The minimum Gasteiger partial charge on any atom is -0.289 e. The summed E-state index contributed by atoms with van der Waals surface area (Å²) in [6.07, 6.45) is 0. The fraction of sp³-hybridized carbons (Fsp3) is 0.286. The van der Waals surface area contributed by atoms with E-state index in [0.717, 1.165) is 22.3 Å². The molecule has 0 aliphatic heterocycles. The van der Waals surface area contributed by atoms with Gasteiger partial charge in [-0.1, -0.05) is 35.4 Å². The fourth-order valence-corrected chi connectivity index (χ4v) is 3.80. The van der Waals surface area contributed by atoms with E-state index in [2.05, 4.69) is 65.8 Å². The van der Waals surface area contributed by atoms with Gasteiger partial charge in [-0.2, -0.15) is 0 Å². The molecular weight excluding hydrogens is 268 g/mol. The Morgan fingerprint density at radius 2 is 0.773 bits per heavy atom. The summed E-state index contributed by atoms with van der Waals surface area (Å²) in [6, 6.07) is 8.64. The number of rotatable bonds is 2. The molecule has 0 bridgehead atoms. The molecule has 0 fully saturated rings. The van der Waals surface area contributed by atoms with Crippen LogP contribution >= 0.6 is 0 Å². The second-order valence-corrected chi connectivity index (χ2v) is 6.63. The highest BCUT2D eigenvalue weighted by Crippen LogP contribution is 2.41. The van der Waals surface area contributed by atoms with Crippen LogP contribution in [-0.4, -0.2) is 0 Å². The topological polar surface area (TPSA) is 17.1 Å². The van der Waals surface area contributed by atoms with E-state index >= 15 is 0 Å². The van der Waals surface area contributed by atoms with E-state index in [0.29, 0.717) is 0 Å². The Morgan fingerprint density at radius 1 is 0.500 bits per heavy atom. The molecule has 0 spiro atoms. The third kappa shape index (κ3) is 2.21. The molecule has 0 aliphatic carbocycles. The smallest absolute Gasteiger partial charge is 0.195 e. The van der Waals surface area contributed by atoms with Crippen molar-refractivity contribution >= 4 is 0 Å². The maximum absolute atomic E-state index is 12.5. The number of benzene rings is 2. The van der Waals surface area contributed by atoms with Crippen molar-refractivity contribution in [2.75, 3.05) is 0 Å². The van der Waals surface area contributed by atoms with Gasteiger partial charge in [0.15, 0.2) is 5.43 Å². The van der Waals surface area contributed by atoms with Gasteiger partial charge in [0.25, 0.3) is 0 Å². The lowest BCUT2D eigenvalue weighted by Gasteiger charge is -2.09. The number of hydrogen-bond acceptors (Lipinski definition) is 1. The largest absolute Gasteiger partial charge is 0.289 e. The second kappa shape index (κ2) is 4.95. The molecule has 0 aliphatic rings. The van der Waals surface area contributed by atoms with E-state index in [1.165, 1.54) is 33.4 Å². The third-order valence-electron chi connectivity index (χ3n) is 4.50. The third-order valence-corrected chi connectivity index (χ3v) is 4.50. The van der Waals surface area contributed by atoms with Gasteiger partial charge in [-0.15, -0.1) is 0 Å². The summed E-state index contributed by atoms with van der Waals surface area (Å²) in [4.78, 5) is 12.5. The minimum absolute atomic E-state index is 0.213. The minimum atomic E-state index is 0.213. The molecule has 1 nitrogen and oxygen atoms in total. The zero-order valence-electron chi connectivity index (χ0n) is 14.2. The molecule has 3 aromatic rings. The lowest BCUT2D eigenvalue weighted by atomic mass is 9.94. The van der Waals surface area contributed by atoms with Crippen molar-refractivity contribution in [3.63, 3.8) is 0 Å². The first-order valence-electron chi connectivity index (χ1n) is 7.76. The molecule has 3 aromatic carbocycles. The van der Waals surface area contributed by atoms with Crippen LogP contribution in [0.2, 0.25) is 0 Å². The van der Waals surface area contributed by atoms with Crippen molar-refractivity contribution in [1.82, 2.24) is 0 Å². The van der Waals surface area contributed by atoms with E-state index in [-0.39, 0.29) is 5.43 Å². The Labute approximate surface area is 132 Å². The zero-order valence-corrected chi connectivity index (χ0v) is 14.2. The highest BCUT2D eigenvalue weighted by molar-refractivity contribution is 5.98. The molecule has 0 atom stereocenters. The van der Waals surface area contributed by atoms with Gasteiger partial charge in [-0.25, -0.2) is 0 Å². The van der Waals surface area contributed by atoms with Gasteiger partial charge in [0.05, 0.1) is 0 Å². The Hall–Kier alpha value is -2.15. The Morgan fingerprint density at radius 3 is 1.05 bits per heavy atom. The molecule has 0 aromatic heterocycles. The van der Waals surface area contributed by atoms with Gasteiger partial charge in [-0.3, -0.25) is 4.79 Å². The molecule has 1 heteroatoms. The summed E-state index contributed by atoms with van der Waals surface area (Å²) in [5, 5.41) is 0. The van der Waals surface area contributed by atoms with E-state index in [4.69, 9.17) is 0 Å². The van der Waals surface area contributed by atoms with Gasteiger partial charge < -0.3 is 0 Å². The van der Waals surface area contributed by atoms with E-state index < -0.39 is 0 Å². The van der Waals surface area contributed by atoms with Crippen LogP contribution in [-0.2, 0) is 0 Å². The van der Waals surface area contributed by atoms with Crippen molar-refractivity contribution in [2.45, 2.75) is 41.5 Å². The van der Waals surface area contributed by atoms with E-state index in [1.807, 2.05) is 0 Å². The predicted octanol–water partition coefficient (Wildman–Crippen LogP) is 5.11. The van der Waals surface area contributed by atoms with Crippen molar-refractivity contribution in [1.29, 1.82) is 0 Å². The molecule has 0 radical (unpaired) electrons. The van der Waals surface area contributed by atoms with Gasteiger partial charge in [0.2, 0.25) is 0 Å². The van der Waals surface area contributed by atoms with Gasteiger partial charge in [0.1, 0.15) is 0 Å². The zero-order chi connectivity index (χ0) is 16.2.